The number of benzene rings is 3. The van der Waals surface area contributed by atoms with Gasteiger partial charge in [0.1, 0.15) is 0 Å². The summed E-state index contributed by atoms with van der Waals surface area (Å²) in [6, 6.07) is 24.4. The smallest absolute Gasteiger partial charge is 0.254 e. The van der Waals surface area contributed by atoms with Crippen LogP contribution in [0.5, 0.6) is 0 Å². The van der Waals surface area contributed by atoms with E-state index in [2.05, 4.69) is 0 Å². The van der Waals surface area contributed by atoms with E-state index in [1.165, 1.54) is 24.3 Å². The number of sulfonamides is 1. The molecule has 0 saturated carbocycles. The van der Waals surface area contributed by atoms with Crippen LogP contribution in [-0.4, -0.2) is 55.7 Å². The van der Waals surface area contributed by atoms with E-state index < -0.39 is 10.0 Å². The second-order valence-corrected chi connectivity index (χ2v) is 9.59. The molecule has 2 amide bonds. The van der Waals surface area contributed by atoms with Crippen molar-refractivity contribution in [1.82, 2.24) is 9.80 Å². The van der Waals surface area contributed by atoms with Crippen LogP contribution in [0.15, 0.2) is 89.8 Å². The van der Waals surface area contributed by atoms with Crippen molar-refractivity contribution >= 4 is 21.8 Å². The molecule has 4 rings (SSSR count). The summed E-state index contributed by atoms with van der Waals surface area (Å²) in [6.07, 6.45) is 0.598. The van der Waals surface area contributed by atoms with E-state index in [1.54, 1.807) is 21.9 Å². The summed E-state index contributed by atoms with van der Waals surface area (Å²) < 4.78 is 23.1. The first-order valence-electron chi connectivity index (χ1n) is 10.6. The first-order valence-corrected chi connectivity index (χ1v) is 12.2. The second-order valence-electron chi connectivity index (χ2n) is 8.03. The normalized spacial score (nSPS) is 16.5. The highest BCUT2D eigenvalue weighted by Crippen LogP contribution is 2.21. The Bertz CT molecular complexity index is 1230. The van der Waals surface area contributed by atoms with E-state index in [0.29, 0.717) is 37.2 Å². The number of nitrogens with zero attached hydrogens (tertiary/aromatic N) is 2. The van der Waals surface area contributed by atoms with E-state index in [-0.39, 0.29) is 22.8 Å². The number of nitrogens with two attached hydrogens (primary N) is 1. The SMILES string of the molecule is NS(=O)(=O)c1ccc(C(=O)N2CCN(C(=O)c3ccccc3)C[C@@H]2Cc2ccccc2)cc1. The Morgan fingerprint density at radius 3 is 1.97 bits per heavy atom. The summed E-state index contributed by atoms with van der Waals surface area (Å²) in [6.45, 7) is 1.20. The van der Waals surface area contributed by atoms with Gasteiger partial charge in [-0.05, 0) is 48.4 Å². The Hall–Kier alpha value is -3.49. The fraction of sp³-hybridized carbons (Fsp3) is 0.200. The van der Waals surface area contributed by atoms with Crippen LogP contribution in [0.4, 0.5) is 0 Å². The van der Waals surface area contributed by atoms with Gasteiger partial charge in [0.2, 0.25) is 10.0 Å². The summed E-state index contributed by atoms with van der Waals surface area (Å²) >= 11 is 0. The molecule has 33 heavy (non-hydrogen) atoms. The molecule has 1 atom stereocenters. The third-order valence-corrected chi connectivity index (χ3v) is 6.72. The van der Waals surface area contributed by atoms with E-state index in [0.717, 1.165) is 5.56 Å². The molecule has 2 N–H and O–H groups in total. The zero-order chi connectivity index (χ0) is 23.4. The number of carbonyl (C=O) groups excluding carboxylic acids is 2. The van der Waals surface area contributed by atoms with E-state index in [1.807, 2.05) is 48.5 Å². The summed E-state index contributed by atoms with van der Waals surface area (Å²) in [7, 11) is -3.83. The summed E-state index contributed by atoms with van der Waals surface area (Å²) in [5.74, 6) is -0.262. The van der Waals surface area contributed by atoms with Crippen molar-refractivity contribution in [3.8, 4) is 0 Å². The minimum Gasteiger partial charge on any atom is -0.335 e. The Labute approximate surface area is 193 Å². The lowest BCUT2D eigenvalue weighted by Gasteiger charge is -2.41. The quantitative estimate of drug-likeness (QED) is 0.628. The van der Waals surface area contributed by atoms with Crippen LogP contribution in [-0.2, 0) is 16.4 Å². The van der Waals surface area contributed by atoms with Gasteiger partial charge in [0.15, 0.2) is 0 Å². The molecule has 3 aromatic rings. The average molecular weight is 464 g/mol. The maximum atomic E-state index is 13.3. The van der Waals surface area contributed by atoms with Crippen molar-refractivity contribution in [2.24, 2.45) is 5.14 Å². The highest BCUT2D eigenvalue weighted by atomic mass is 32.2. The molecule has 1 saturated heterocycles. The Morgan fingerprint density at radius 1 is 0.788 bits per heavy atom. The fourth-order valence-corrected chi connectivity index (χ4v) is 4.60. The van der Waals surface area contributed by atoms with Crippen molar-refractivity contribution in [2.75, 3.05) is 19.6 Å². The van der Waals surface area contributed by atoms with Crippen LogP contribution < -0.4 is 5.14 Å². The van der Waals surface area contributed by atoms with Crippen molar-refractivity contribution in [3.63, 3.8) is 0 Å². The molecule has 170 valence electrons. The first kappa shape index (κ1) is 22.7. The Morgan fingerprint density at radius 2 is 1.36 bits per heavy atom. The zero-order valence-electron chi connectivity index (χ0n) is 18.0. The molecule has 1 aliphatic rings. The number of rotatable bonds is 5. The van der Waals surface area contributed by atoms with Gasteiger partial charge in [-0.3, -0.25) is 9.59 Å². The summed E-state index contributed by atoms with van der Waals surface area (Å²) in [4.78, 5) is 29.9. The maximum absolute atomic E-state index is 13.3. The van der Waals surface area contributed by atoms with Gasteiger partial charge in [0.25, 0.3) is 11.8 Å². The topological polar surface area (TPSA) is 101 Å². The Kier molecular flexibility index (Phi) is 6.57. The van der Waals surface area contributed by atoms with Gasteiger partial charge in [0, 0.05) is 30.8 Å². The highest BCUT2D eigenvalue weighted by Gasteiger charge is 2.33. The molecule has 0 aromatic heterocycles. The summed E-state index contributed by atoms with van der Waals surface area (Å²) in [5, 5.41) is 5.16. The first-order chi connectivity index (χ1) is 15.8. The predicted octanol–water partition coefficient (Wildman–Crippen LogP) is 2.54. The van der Waals surface area contributed by atoms with Crippen molar-refractivity contribution < 1.29 is 18.0 Å². The minimum atomic E-state index is -3.83. The molecule has 0 bridgehead atoms. The van der Waals surface area contributed by atoms with Crippen LogP contribution >= 0.6 is 0 Å². The molecule has 3 aromatic carbocycles. The van der Waals surface area contributed by atoms with Crippen LogP contribution in [0, 0.1) is 0 Å². The zero-order valence-corrected chi connectivity index (χ0v) is 18.8. The standard InChI is InChI=1S/C25H25N3O4S/c26-33(31,32)23-13-11-21(12-14-23)25(30)28-16-15-27(24(29)20-9-5-2-6-10-20)18-22(28)17-19-7-3-1-4-8-19/h1-14,22H,15-18H2,(H2,26,31,32)/t22-/m0/s1. The van der Waals surface area contributed by atoms with Gasteiger partial charge in [-0.2, -0.15) is 0 Å². The van der Waals surface area contributed by atoms with Crippen LogP contribution in [0.25, 0.3) is 0 Å². The van der Waals surface area contributed by atoms with E-state index >= 15 is 0 Å². The van der Waals surface area contributed by atoms with Crippen molar-refractivity contribution in [2.45, 2.75) is 17.4 Å². The number of amides is 2. The molecular weight excluding hydrogens is 438 g/mol. The number of hydrogen-bond donors (Lipinski definition) is 1. The molecule has 1 heterocycles. The third kappa shape index (κ3) is 5.30. The molecule has 0 spiro atoms. The van der Waals surface area contributed by atoms with Crippen molar-refractivity contribution in [1.29, 1.82) is 0 Å². The lowest BCUT2D eigenvalue weighted by molar-refractivity contribution is 0.0386. The molecule has 0 aliphatic carbocycles. The molecule has 7 nitrogen and oxygen atoms in total. The average Bonchev–Trinajstić information content (AvgIpc) is 2.84. The van der Waals surface area contributed by atoms with E-state index in [9.17, 15) is 18.0 Å². The summed E-state index contributed by atoms with van der Waals surface area (Å²) in [5.41, 5.74) is 2.07. The Balaban J connectivity index is 1.58. The molecule has 8 heteroatoms. The number of carbonyl (C=O) groups is 2. The minimum absolute atomic E-state index is 0.0434. The lowest BCUT2D eigenvalue weighted by atomic mass is 10.00. The van der Waals surface area contributed by atoms with Crippen molar-refractivity contribution in [3.05, 3.63) is 102 Å². The number of piperazine rings is 1. The monoisotopic (exact) mass is 463 g/mol. The van der Waals surface area contributed by atoms with Crippen LogP contribution in [0.3, 0.4) is 0 Å². The third-order valence-electron chi connectivity index (χ3n) is 5.80. The van der Waals surface area contributed by atoms with Crippen LogP contribution in [0.1, 0.15) is 26.3 Å². The highest BCUT2D eigenvalue weighted by molar-refractivity contribution is 7.89. The van der Waals surface area contributed by atoms with Gasteiger partial charge in [-0.1, -0.05) is 48.5 Å². The fourth-order valence-electron chi connectivity index (χ4n) is 4.08. The predicted molar refractivity (Wildman–Crippen MR) is 125 cm³/mol. The molecular formula is C25H25N3O4S. The molecule has 1 fully saturated rings. The van der Waals surface area contributed by atoms with Gasteiger partial charge in [0.05, 0.1) is 10.9 Å². The van der Waals surface area contributed by atoms with E-state index in [4.69, 9.17) is 5.14 Å². The van der Waals surface area contributed by atoms with Gasteiger partial charge >= 0.3 is 0 Å². The molecule has 0 radical (unpaired) electrons. The van der Waals surface area contributed by atoms with Crippen LogP contribution in [0.2, 0.25) is 0 Å². The van der Waals surface area contributed by atoms with Gasteiger partial charge in [-0.25, -0.2) is 13.6 Å². The van der Waals surface area contributed by atoms with Gasteiger partial charge < -0.3 is 9.80 Å². The van der Waals surface area contributed by atoms with Gasteiger partial charge in [-0.15, -0.1) is 0 Å². The molecule has 0 unspecified atom stereocenters. The maximum Gasteiger partial charge on any atom is 0.254 e. The molecule has 1 aliphatic heterocycles. The number of primary sulfonamides is 1. The largest absolute Gasteiger partial charge is 0.335 e. The number of hydrogen-bond acceptors (Lipinski definition) is 4. The second kappa shape index (κ2) is 9.56. The lowest BCUT2D eigenvalue weighted by Crippen LogP contribution is -2.57.